The van der Waals surface area contributed by atoms with Crippen molar-refractivity contribution in [2.75, 3.05) is 0 Å². The van der Waals surface area contributed by atoms with Crippen molar-refractivity contribution in [3.63, 3.8) is 0 Å². The molecule has 6 nitrogen and oxygen atoms in total. The number of rotatable bonds is 3. The lowest BCUT2D eigenvalue weighted by molar-refractivity contribution is -0.131. The number of carbonyl (C=O) groups is 2. The van der Waals surface area contributed by atoms with Crippen LogP contribution in [0, 0.1) is 13.8 Å². The molecule has 2 heterocycles. The minimum atomic E-state index is -1.13. The second-order valence-corrected chi connectivity index (χ2v) is 8.76. The van der Waals surface area contributed by atoms with Crippen LogP contribution in [0.1, 0.15) is 46.7 Å². The highest BCUT2D eigenvalue weighted by molar-refractivity contribution is 6.07. The molecule has 0 spiro atoms. The maximum absolute atomic E-state index is 13.4. The number of imide groups is 1. The second kappa shape index (κ2) is 6.80. The fraction of sp³-hybridized carbons (Fsp3) is 0.320. The summed E-state index contributed by atoms with van der Waals surface area (Å²) in [6.45, 7) is 5.59. The van der Waals surface area contributed by atoms with Crippen LogP contribution in [-0.4, -0.2) is 16.8 Å². The fourth-order valence-corrected chi connectivity index (χ4v) is 4.74. The van der Waals surface area contributed by atoms with Crippen molar-refractivity contribution >= 4 is 22.9 Å². The van der Waals surface area contributed by atoms with E-state index in [4.69, 9.17) is 4.42 Å². The molecule has 0 bridgehead atoms. The monoisotopic (exact) mass is 416 g/mol. The van der Waals surface area contributed by atoms with E-state index in [-0.39, 0.29) is 12.5 Å². The van der Waals surface area contributed by atoms with E-state index in [1.165, 1.54) is 22.1 Å². The van der Waals surface area contributed by atoms with Gasteiger partial charge < -0.3 is 9.73 Å². The van der Waals surface area contributed by atoms with Gasteiger partial charge in [-0.15, -0.1) is 0 Å². The molecule has 1 N–H and O–H groups in total. The number of carbonyl (C=O) groups excluding carboxylic acids is 2. The van der Waals surface area contributed by atoms with Crippen molar-refractivity contribution in [3.05, 3.63) is 80.2 Å². The van der Waals surface area contributed by atoms with E-state index in [9.17, 15) is 14.4 Å². The number of hydrogen-bond donors (Lipinski definition) is 1. The summed E-state index contributed by atoms with van der Waals surface area (Å²) in [7, 11) is 0. The summed E-state index contributed by atoms with van der Waals surface area (Å²) in [6.07, 6.45) is 3.17. The van der Waals surface area contributed by atoms with E-state index in [0.29, 0.717) is 11.1 Å². The molecule has 2 aliphatic rings. The third kappa shape index (κ3) is 2.97. The highest BCUT2D eigenvalue weighted by Gasteiger charge is 2.49. The average molecular weight is 416 g/mol. The van der Waals surface area contributed by atoms with E-state index in [2.05, 4.69) is 11.4 Å². The highest BCUT2D eigenvalue weighted by atomic mass is 16.4. The summed E-state index contributed by atoms with van der Waals surface area (Å²) in [5, 5.41) is 3.61. The Bertz CT molecular complexity index is 1320. The second-order valence-electron chi connectivity index (χ2n) is 8.76. The molecular formula is C25H24N2O4. The van der Waals surface area contributed by atoms with Gasteiger partial charge in [0.2, 0.25) is 0 Å². The third-order valence-electron chi connectivity index (χ3n) is 6.80. The van der Waals surface area contributed by atoms with E-state index >= 15 is 0 Å². The van der Waals surface area contributed by atoms with Crippen LogP contribution in [0.15, 0.2) is 45.6 Å². The minimum Gasteiger partial charge on any atom is -0.422 e. The maximum Gasteiger partial charge on any atom is 0.336 e. The van der Waals surface area contributed by atoms with Crippen LogP contribution in [-0.2, 0) is 29.7 Å². The van der Waals surface area contributed by atoms with E-state index in [1.807, 2.05) is 38.1 Å². The van der Waals surface area contributed by atoms with Crippen molar-refractivity contribution in [1.29, 1.82) is 0 Å². The van der Waals surface area contributed by atoms with Crippen LogP contribution in [0.3, 0.4) is 0 Å². The highest BCUT2D eigenvalue weighted by Crippen LogP contribution is 2.34. The first kappa shape index (κ1) is 19.5. The molecule has 0 saturated carbocycles. The van der Waals surface area contributed by atoms with Crippen LogP contribution >= 0.6 is 0 Å². The Morgan fingerprint density at radius 1 is 1.03 bits per heavy atom. The number of aryl methyl sites for hydroxylation is 4. The van der Waals surface area contributed by atoms with Gasteiger partial charge in [0.1, 0.15) is 11.1 Å². The number of urea groups is 1. The Labute approximate surface area is 179 Å². The number of amides is 3. The van der Waals surface area contributed by atoms with Gasteiger partial charge in [-0.2, -0.15) is 0 Å². The molecule has 31 heavy (non-hydrogen) atoms. The fourth-order valence-electron chi connectivity index (χ4n) is 4.74. The number of nitrogens with zero attached hydrogens (tertiary/aromatic N) is 1. The van der Waals surface area contributed by atoms with Crippen LogP contribution in [0.25, 0.3) is 11.0 Å². The molecule has 2 aromatic carbocycles. The Hall–Kier alpha value is -3.41. The summed E-state index contributed by atoms with van der Waals surface area (Å²) in [6, 6.07) is 10.8. The molecule has 1 atom stereocenters. The molecule has 1 aromatic heterocycles. The molecule has 3 amide bonds. The molecule has 6 heteroatoms. The van der Waals surface area contributed by atoms with Gasteiger partial charge in [-0.05, 0) is 73.4 Å². The van der Waals surface area contributed by atoms with Crippen LogP contribution in [0.4, 0.5) is 4.79 Å². The Kier molecular flexibility index (Phi) is 4.29. The molecule has 1 fully saturated rings. The van der Waals surface area contributed by atoms with E-state index < -0.39 is 17.2 Å². The quantitative estimate of drug-likeness (QED) is 0.519. The first-order valence-electron chi connectivity index (χ1n) is 10.6. The normalized spacial score (nSPS) is 20.4. The number of hydrogen-bond acceptors (Lipinski definition) is 4. The Morgan fingerprint density at radius 2 is 1.81 bits per heavy atom. The molecule has 5 rings (SSSR count). The smallest absolute Gasteiger partial charge is 0.336 e. The van der Waals surface area contributed by atoms with E-state index in [0.717, 1.165) is 41.3 Å². The molecule has 1 unspecified atom stereocenters. The van der Waals surface area contributed by atoms with Gasteiger partial charge in [-0.3, -0.25) is 9.69 Å². The van der Waals surface area contributed by atoms with Crippen molar-refractivity contribution in [2.24, 2.45) is 0 Å². The summed E-state index contributed by atoms with van der Waals surface area (Å²) < 4.78 is 5.43. The lowest BCUT2D eigenvalue weighted by Crippen LogP contribution is -2.41. The lowest BCUT2D eigenvalue weighted by Gasteiger charge is -2.23. The lowest BCUT2D eigenvalue weighted by atomic mass is 9.89. The van der Waals surface area contributed by atoms with Gasteiger partial charge in [-0.25, -0.2) is 9.59 Å². The summed E-state index contributed by atoms with van der Waals surface area (Å²) in [5.74, 6) is -0.319. The van der Waals surface area contributed by atoms with Crippen molar-refractivity contribution in [2.45, 2.75) is 52.1 Å². The van der Waals surface area contributed by atoms with E-state index in [1.54, 1.807) is 6.92 Å². The minimum absolute atomic E-state index is 0.00972. The van der Waals surface area contributed by atoms with Gasteiger partial charge in [0, 0.05) is 11.5 Å². The molecule has 158 valence electrons. The number of fused-ring (bicyclic) bond motifs is 2. The first-order valence-corrected chi connectivity index (χ1v) is 10.6. The summed E-state index contributed by atoms with van der Waals surface area (Å²) in [4.78, 5) is 39.7. The largest absolute Gasteiger partial charge is 0.422 e. The summed E-state index contributed by atoms with van der Waals surface area (Å²) in [5.41, 5.74) is 4.69. The predicted molar refractivity (Wildman–Crippen MR) is 117 cm³/mol. The zero-order valence-electron chi connectivity index (χ0n) is 17.9. The van der Waals surface area contributed by atoms with Crippen molar-refractivity contribution in [1.82, 2.24) is 10.2 Å². The zero-order chi connectivity index (χ0) is 21.9. The predicted octanol–water partition coefficient (Wildman–Crippen LogP) is 3.87. The molecule has 3 aromatic rings. The van der Waals surface area contributed by atoms with Crippen LogP contribution in [0.5, 0.6) is 0 Å². The molecule has 1 saturated heterocycles. The average Bonchev–Trinajstić information content (AvgIpc) is 3.29. The maximum atomic E-state index is 13.4. The molecule has 1 aliphatic carbocycles. The van der Waals surface area contributed by atoms with Crippen molar-refractivity contribution < 1.29 is 14.0 Å². The molecule has 1 aliphatic heterocycles. The van der Waals surface area contributed by atoms with Crippen LogP contribution in [0.2, 0.25) is 0 Å². The Morgan fingerprint density at radius 3 is 2.61 bits per heavy atom. The standard InChI is InChI=1S/C25H24N2O4/c1-14-7-10-20-18(12-21(28)31-22(20)15(14)2)13-27-23(29)25(3,26-24(27)30)19-9-8-16-5-4-6-17(16)11-19/h7-12H,4-6,13H2,1-3H3,(H,26,30). The topological polar surface area (TPSA) is 79.6 Å². The van der Waals surface area contributed by atoms with Crippen molar-refractivity contribution in [3.8, 4) is 0 Å². The van der Waals surface area contributed by atoms with Crippen LogP contribution < -0.4 is 10.9 Å². The zero-order valence-corrected chi connectivity index (χ0v) is 17.9. The third-order valence-corrected chi connectivity index (χ3v) is 6.80. The molecule has 0 radical (unpaired) electrons. The van der Waals surface area contributed by atoms with Gasteiger partial charge >= 0.3 is 11.7 Å². The number of nitrogens with one attached hydrogen (secondary N) is 1. The van der Waals surface area contributed by atoms with Gasteiger partial charge in [0.15, 0.2) is 0 Å². The van der Waals surface area contributed by atoms with Gasteiger partial charge in [0.25, 0.3) is 5.91 Å². The first-order chi connectivity index (χ1) is 14.8. The summed E-state index contributed by atoms with van der Waals surface area (Å²) >= 11 is 0. The van der Waals surface area contributed by atoms with Gasteiger partial charge in [0.05, 0.1) is 6.54 Å². The SMILES string of the molecule is Cc1ccc2c(CN3C(=O)NC(C)(c4ccc5c(c4)CCC5)C3=O)cc(=O)oc2c1C. The molecular weight excluding hydrogens is 392 g/mol. The van der Waals surface area contributed by atoms with Gasteiger partial charge in [-0.1, -0.05) is 30.3 Å². The number of benzene rings is 2. The Balaban J connectivity index is 1.53.